The number of hydrogen-bond acceptors (Lipinski definition) is 4. The van der Waals surface area contributed by atoms with Crippen LogP contribution in [0.25, 0.3) is 11.1 Å². The van der Waals surface area contributed by atoms with Crippen molar-refractivity contribution in [2.24, 2.45) is 0 Å². The predicted molar refractivity (Wildman–Crippen MR) is 83.0 cm³/mol. The van der Waals surface area contributed by atoms with E-state index in [1.807, 2.05) is 0 Å². The summed E-state index contributed by atoms with van der Waals surface area (Å²) in [4.78, 5) is 27.9. The molecule has 1 N–H and O–H groups in total. The SMILES string of the molecule is O=CN(C(=O)Nc1ccc2ncoc2c1)c1cccc(C(F)(F)F)c1. The van der Waals surface area contributed by atoms with E-state index < -0.39 is 17.8 Å². The third-order valence-electron chi connectivity index (χ3n) is 3.36. The van der Waals surface area contributed by atoms with Gasteiger partial charge in [0.1, 0.15) is 5.52 Å². The second-order valence-corrected chi connectivity index (χ2v) is 4.99. The Hall–Kier alpha value is -3.36. The van der Waals surface area contributed by atoms with E-state index in [1.165, 1.54) is 24.6 Å². The van der Waals surface area contributed by atoms with Gasteiger partial charge in [0.05, 0.1) is 11.3 Å². The normalized spacial score (nSPS) is 11.3. The highest BCUT2D eigenvalue weighted by molar-refractivity contribution is 6.12. The number of anilines is 2. The first-order valence-corrected chi connectivity index (χ1v) is 6.94. The zero-order chi connectivity index (χ0) is 18.0. The number of fused-ring (bicyclic) bond motifs is 1. The number of aromatic nitrogens is 1. The number of oxazole rings is 1. The molecule has 0 saturated heterocycles. The van der Waals surface area contributed by atoms with E-state index in [-0.39, 0.29) is 12.1 Å². The molecule has 128 valence electrons. The van der Waals surface area contributed by atoms with Gasteiger partial charge in [0.2, 0.25) is 6.41 Å². The van der Waals surface area contributed by atoms with Crippen LogP contribution in [0.2, 0.25) is 0 Å². The maximum atomic E-state index is 12.8. The van der Waals surface area contributed by atoms with Crippen molar-refractivity contribution in [3.8, 4) is 0 Å². The lowest BCUT2D eigenvalue weighted by Crippen LogP contribution is -2.33. The van der Waals surface area contributed by atoms with Crippen molar-refractivity contribution in [3.05, 3.63) is 54.4 Å². The Bertz CT molecular complexity index is 937. The molecule has 9 heteroatoms. The average molecular weight is 349 g/mol. The van der Waals surface area contributed by atoms with Gasteiger partial charge in [-0.05, 0) is 30.3 Å². The number of imide groups is 1. The number of carbonyl (C=O) groups is 2. The zero-order valence-electron chi connectivity index (χ0n) is 12.4. The predicted octanol–water partition coefficient (Wildman–Crippen LogP) is 4.04. The molecule has 1 aromatic heterocycles. The van der Waals surface area contributed by atoms with Gasteiger partial charge in [-0.25, -0.2) is 14.7 Å². The van der Waals surface area contributed by atoms with E-state index in [2.05, 4.69) is 10.3 Å². The molecule has 0 aliphatic heterocycles. The summed E-state index contributed by atoms with van der Waals surface area (Å²) >= 11 is 0. The summed E-state index contributed by atoms with van der Waals surface area (Å²) in [6.07, 6.45) is -3.22. The Labute approximate surface area is 138 Å². The number of carbonyl (C=O) groups excluding carboxylic acids is 2. The summed E-state index contributed by atoms with van der Waals surface area (Å²) in [5.41, 5.74) is 0.113. The molecule has 0 saturated carbocycles. The Balaban J connectivity index is 1.85. The van der Waals surface area contributed by atoms with Gasteiger partial charge in [0.15, 0.2) is 12.0 Å². The van der Waals surface area contributed by atoms with Gasteiger partial charge in [-0.1, -0.05) is 6.07 Å². The molecule has 3 rings (SSSR count). The number of benzene rings is 2. The highest BCUT2D eigenvalue weighted by Gasteiger charge is 2.31. The van der Waals surface area contributed by atoms with E-state index in [1.54, 1.807) is 6.07 Å². The lowest BCUT2D eigenvalue weighted by molar-refractivity contribution is -0.137. The number of hydrogen-bond donors (Lipinski definition) is 1. The van der Waals surface area contributed by atoms with Crippen molar-refractivity contribution >= 4 is 34.9 Å². The summed E-state index contributed by atoms with van der Waals surface area (Å²) in [6.45, 7) is 0. The van der Waals surface area contributed by atoms with Crippen LogP contribution in [0.4, 0.5) is 29.3 Å². The first-order chi connectivity index (χ1) is 11.9. The number of nitrogens with one attached hydrogen (secondary N) is 1. The lowest BCUT2D eigenvalue weighted by atomic mass is 10.2. The Morgan fingerprint density at radius 3 is 2.72 bits per heavy atom. The molecule has 25 heavy (non-hydrogen) atoms. The molecule has 0 fully saturated rings. The summed E-state index contributed by atoms with van der Waals surface area (Å²) in [5, 5.41) is 2.42. The van der Waals surface area contributed by atoms with Gasteiger partial charge < -0.3 is 9.73 Å². The third kappa shape index (κ3) is 3.44. The highest BCUT2D eigenvalue weighted by atomic mass is 19.4. The molecule has 3 amide bonds. The van der Waals surface area contributed by atoms with Crippen molar-refractivity contribution in [2.45, 2.75) is 6.18 Å². The van der Waals surface area contributed by atoms with Crippen LogP contribution < -0.4 is 10.2 Å². The van der Waals surface area contributed by atoms with Crippen molar-refractivity contribution < 1.29 is 27.2 Å². The zero-order valence-corrected chi connectivity index (χ0v) is 12.4. The molecule has 0 unspecified atom stereocenters. The van der Waals surface area contributed by atoms with Crippen LogP contribution in [0.15, 0.2) is 53.3 Å². The van der Waals surface area contributed by atoms with Crippen LogP contribution in [-0.4, -0.2) is 17.4 Å². The molecule has 3 aromatic rings. The van der Waals surface area contributed by atoms with E-state index >= 15 is 0 Å². The molecule has 2 aromatic carbocycles. The van der Waals surface area contributed by atoms with Crippen molar-refractivity contribution in [2.75, 3.05) is 10.2 Å². The first kappa shape index (κ1) is 16.5. The van der Waals surface area contributed by atoms with Crippen molar-refractivity contribution in [1.29, 1.82) is 0 Å². The molecule has 6 nitrogen and oxygen atoms in total. The quantitative estimate of drug-likeness (QED) is 0.724. The van der Waals surface area contributed by atoms with Crippen LogP contribution in [0, 0.1) is 0 Å². The van der Waals surface area contributed by atoms with E-state index in [4.69, 9.17) is 4.42 Å². The molecular weight excluding hydrogens is 339 g/mol. The highest BCUT2D eigenvalue weighted by Crippen LogP contribution is 2.31. The third-order valence-corrected chi connectivity index (χ3v) is 3.36. The second-order valence-electron chi connectivity index (χ2n) is 4.99. The number of amides is 3. The van der Waals surface area contributed by atoms with Crippen LogP contribution in [0.1, 0.15) is 5.56 Å². The topological polar surface area (TPSA) is 75.4 Å². The Kier molecular flexibility index (Phi) is 4.14. The summed E-state index contributed by atoms with van der Waals surface area (Å²) in [6, 6.07) is 7.59. The van der Waals surface area contributed by atoms with E-state index in [0.717, 1.165) is 12.1 Å². The maximum absolute atomic E-state index is 12.8. The average Bonchev–Trinajstić information content (AvgIpc) is 3.03. The van der Waals surface area contributed by atoms with Crippen LogP contribution in [0.5, 0.6) is 0 Å². The van der Waals surface area contributed by atoms with Crippen molar-refractivity contribution in [1.82, 2.24) is 4.98 Å². The molecule has 0 bridgehead atoms. The minimum atomic E-state index is -4.58. The minimum Gasteiger partial charge on any atom is -0.443 e. The Morgan fingerprint density at radius 1 is 1.20 bits per heavy atom. The van der Waals surface area contributed by atoms with Crippen molar-refractivity contribution in [3.63, 3.8) is 0 Å². The molecule has 0 atom stereocenters. The van der Waals surface area contributed by atoms with Gasteiger partial charge in [-0.2, -0.15) is 13.2 Å². The summed E-state index contributed by atoms with van der Waals surface area (Å²) in [5.74, 6) is 0. The van der Waals surface area contributed by atoms with E-state index in [0.29, 0.717) is 27.8 Å². The second kappa shape index (κ2) is 6.27. The van der Waals surface area contributed by atoms with E-state index in [9.17, 15) is 22.8 Å². The van der Waals surface area contributed by atoms with Gasteiger partial charge in [-0.3, -0.25) is 4.79 Å². The largest absolute Gasteiger partial charge is 0.443 e. The number of rotatable bonds is 3. The van der Waals surface area contributed by atoms with Crippen LogP contribution >= 0.6 is 0 Å². The monoisotopic (exact) mass is 349 g/mol. The van der Waals surface area contributed by atoms with Crippen LogP contribution in [0.3, 0.4) is 0 Å². The summed E-state index contributed by atoms with van der Waals surface area (Å²) in [7, 11) is 0. The molecule has 0 spiro atoms. The minimum absolute atomic E-state index is 0.137. The Morgan fingerprint density at radius 2 is 2.00 bits per heavy atom. The van der Waals surface area contributed by atoms with Gasteiger partial charge in [0, 0.05) is 11.8 Å². The fourth-order valence-electron chi connectivity index (χ4n) is 2.17. The smallest absolute Gasteiger partial charge is 0.416 e. The van der Waals surface area contributed by atoms with Gasteiger partial charge >= 0.3 is 12.2 Å². The molecule has 0 radical (unpaired) electrons. The standard InChI is InChI=1S/C16H10F3N3O3/c17-16(18,19)10-2-1-3-12(6-10)22(9-23)15(24)21-11-4-5-13-14(7-11)25-8-20-13/h1-9H,(H,21,24). The number of urea groups is 1. The molecule has 0 aliphatic carbocycles. The maximum Gasteiger partial charge on any atom is 0.416 e. The molecule has 1 heterocycles. The molecule has 0 aliphatic rings. The van der Waals surface area contributed by atoms with Gasteiger partial charge in [-0.15, -0.1) is 0 Å². The number of halogens is 3. The van der Waals surface area contributed by atoms with Gasteiger partial charge in [0.25, 0.3) is 0 Å². The lowest BCUT2D eigenvalue weighted by Gasteiger charge is -2.18. The fraction of sp³-hybridized carbons (Fsp3) is 0.0625. The summed E-state index contributed by atoms with van der Waals surface area (Å²) < 4.78 is 43.4. The molecular formula is C16H10F3N3O3. The number of nitrogens with zero attached hydrogens (tertiary/aromatic N) is 2. The van der Waals surface area contributed by atoms with Crippen LogP contribution in [-0.2, 0) is 11.0 Å². The fourth-order valence-corrected chi connectivity index (χ4v) is 2.17. The first-order valence-electron chi connectivity index (χ1n) is 6.94. The number of alkyl halides is 3.